The van der Waals surface area contributed by atoms with Crippen molar-refractivity contribution in [2.75, 3.05) is 11.9 Å². The third-order valence-electron chi connectivity index (χ3n) is 3.01. The van der Waals surface area contributed by atoms with Crippen molar-refractivity contribution in [1.29, 1.82) is 0 Å². The SMILES string of the molecule is CCNc1cc(C(C)(C)C)nc(CSc2ccccc2)n1. The molecule has 3 nitrogen and oxygen atoms in total. The van der Waals surface area contributed by atoms with Crippen molar-refractivity contribution < 1.29 is 0 Å². The molecule has 0 fully saturated rings. The molecule has 1 N–H and O–H groups in total. The molecule has 1 aromatic heterocycles. The monoisotopic (exact) mass is 301 g/mol. The van der Waals surface area contributed by atoms with Crippen molar-refractivity contribution in [3.05, 3.63) is 47.9 Å². The van der Waals surface area contributed by atoms with Gasteiger partial charge in [-0.15, -0.1) is 11.8 Å². The Kier molecular flexibility index (Phi) is 5.23. The number of aromatic nitrogens is 2. The van der Waals surface area contributed by atoms with Gasteiger partial charge in [-0.3, -0.25) is 0 Å². The summed E-state index contributed by atoms with van der Waals surface area (Å²) < 4.78 is 0. The lowest BCUT2D eigenvalue weighted by Gasteiger charge is -2.19. The van der Waals surface area contributed by atoms with E-state index in [4.69, 9.17) is 4.98 Å². The van der Waals surface area contributed by atoms with Gasteiger partial charge in [0.1, 0.15) is 11.6 Å². The summed E-state index contributed by atoms with van der Waals surface area (Å²) in [6, 6.07) is 12.4. The first-order valence-electron chi connectivity index (χ1n) is 7.29. The van der Waals surface area contributed by atoms with Gasteiger partial charge in [-0.05, 0) is 19.1 Å². The molecule has 4 heteroatoms. The molecule has 0 amide bonds. The van der Waals surface area contributed by atoms with E-state index in [1.54, 1.807) is 11.8 Å². The van der Waals surface area contributed by atoms with E-state index >= 15 is 0 Å². The van der Waals surface area contributed by atoms with Crippen LogP contribution in [-0.2, 0) is 11.2 Å². The molecule has 2 rings (SSSR count). The van der Waals surface area contributed by atoms with Gasteiger partial charge in [-0.1, -0.05) is 39.0 Å². The van der Waals surface area contributed by atoms with E-state index < -0.39 is 0 Å². The summed E-state index contributed by atoms with van der Waals surface area (Å²) in [5.74, 6) is 2.58. The van der Waals surface area contributed by atoms with E-state index in [0.29, 0.717) is 0 Å². The lowest BCUT2D eigenvalue weighted by atomic mass is 9.92. The van der Waals surface area contributed by atoms with Crippen molar-refractivity contribution >= 4 is 17.6 Å². The Morgan fingerprint density at radius 1 is 1.10 bits per heavy atom. The van der Waals surface area contributed by atoms with Crippen LogP contribution < -0.4 is 5.32 Å². The van der Waals surface area contributed by atoms with E-state index in [1.807, 2.05) is 6.07 Å². The van der Waals surface area contributed by atoms with Crippen molar-refractivity contribution in [3.8, 4) is 0 Å². The summed E-state index contributed by atoms with van der Waals surface area (Å²) in [6.45, 7) is 9.49. The lowest BCUT2D eigenvalue weighted by molar-refractivity contribution is 0.564. The first-order valence-corrected chi connectivity index (χ1v) is 8.28. The Balaban J connectivity index is 2.19. The van der Waals surface area contributed by atoms with Crippen LogP contribution in [0.25, 0.3) is 0 Å². The van der Waals surface area contributed by atoms with Crippen LogP contribution in [-0.4, -0.2) is 16.5 Å². The number of nitrogens with zero attached hydrogens (tertiary/aromatic N) is 2. The second-order valence-electron chi connectivity index (χ2n) is 5.94. The maximum atomic E-state index is 4.73. The highest BCUT2D eigenvalue weighted by Crippen LogP contribution is 2.25. The fourth-order valence-electron chi connectivity index (χ4n) is 1.88. The zero-order valence-corrected chi connectivity index (χ0v) is 14.0. The minimum absolute atomic E-state index is 0.0271. The molecule has 0 saturated carbocycles. The lowest BCUT2D eigenvalue weighted by Crippen LogP contribution is -2.16. The Morgan fingerprint density at radius 3 is 2.43 bits per heavy atom. The molecular weight excluding hydrogens is 278 g/mol. The van der Waals surface area contributed by atoms with Crippen LogP contribution in [0, 0.1) is 0 Å². The number of rotatable bonds is 5. The van der Waals surface area contributed by atoms with Crippen molar-refractivity contribution in [1.82, 2.24) is 9.97 Å². The Labute approximate surface area is 131 Å². The van der Waals surface area contributed by atoms with Crippen molar-refractivity contribution in [2.45, 2.75) is 43.8 Å². The minimum Gasteiger partial charge on any atom is -0.370 e. The topological polar surface area (TPSA) is 37.8 Å². The van der Waals surface area contributed by atoms with Gasteiger partial charge in [0.05, 0.1) is 11.4 Å². The van der Waals surface area contributed by atoms with Crippen molar-refractivity contribution in [3.63, 3.8) is 0 Å². The largest absolute Gasteiger partial charge is 0.370 e. The highest BCUT2D eigenvalue weighted by molar-refractivity contribution is 7.98. The zero-order valence-electron chi connectivity index (χ0n) is 13.2. The maximum Gasteiger partial charge on any atom is 0.141 e. The van der Waals surface area contributed by atoms with Crippen molar-refractivity contribution in [2.24, 2.45) is 0 Å². The average Bonchev–Trinajstić information content (AvgIpc) is 2.45. The third kappa shape index (κ3) is 4.74. The summed E-state index contributed by atoms with van der Waals surface area (Å²) in [6.07, 6.45) is 0. The second-order valence-corrected chi connectivity index (χ2v) is 6.99. The molecular formula is C17H23N3S. The molecule has 1 heterocycles. The molecule has 0 bridgehead atoms. The predicted molar refractivity (Wildman–Crippen MR) is 90.9 cm³/mol. The number of thioether (sulfide) groups is 1. The van der Waals surface area contributed by atoms with Crippen LogP contribution in [0.1, 0.15) is 39.2 Å². The number of nitrogens with one attached hydrogen (secondary N) is 1. The molecule has 0 aliphatic carbocycles. The molecule has 0 spiro atoms. The van der Waals surface area contributed by atoms with Crippen LogP contribution in [0.2, 0.25) is 0 Å². The van der Waals surface area contributed by atoms with Gasteiger partial charge in [0.25, 0.3) is 0 Å². The van der Waals surface area contributed by atoms with Gasteiger partial charge in [0, 0.05) is 22.9 Å². The molecule has 112 valence electrons. The summed E-state index contributed by atoms with van der Waals surface area (Å²) in [4.78, 5) is 10.6. The van der Waals surface area contributed by atoms with Gasteiger partial charge in [0.15, 0.2) is 0 Å². The van der Waals surface area contributed by atoms with Gasteiger partial charge >= 0.3 is 0 Å². The minimum atomic E-state index is 0.0271. The first-order chi connectivity index (χ1) is 9.99. The Morgan fingerprint density at radius 2 is 1.81 bits per heavy atom. The smallest absolute Gasteiger partial charge is 0.141 e. The highest BCUT2D eigenvalue weighted by atomic mass is 32.2. The molecule has 0 saturated heterocycles. The fourth-order valence-corrected chi connectivity index (χ4v) is 2.66. The van der Waals surface area contributed by atoms with Gasteiger partial charge in [-0.25, -0.2) is 9.97 Å². The van der Waals surface area contributed by atoms with Gasteiger partial charge in [-0.2, -0.15) is 0 Å². The second kappa shape index (κ2) is 6.94. The number of hydrogen-bond donors (Lipinski definition) is 1. The molecule has 0 aliphatic rings. The van der Waals surface area contributed by atoms with Crippen LogP contribution in [0.5, 0.6) is 0 Å². The number of hydrogen-bond acceptors (Lipinski definition) is 4. The van der Waals surface area contributed by atoms with E-state index in [2.05, 4.69) is 68.3 Å². The Bertz CT molecular complexity index is 576. The average molecular weight is 301 g/mol. The first kappa shape index (κ1) is 15.8. The van der Waals surface area contributed by atoms with Gasteiger partial charge < -0.3 is 5.32 Å². The molecule has 2 aromatic rings. The maximum absolute atomic E-state index is 4.73. The number of anilines is 1. The van der Waals surface area contributed by atoms with E-state index in [1.165, 1.54) is 4.90 Å². The predicted octanol–water partition coefficient (Wildman–Crippen LogP) is 4.50. The highest BCUT2D eigenvalue weighted by Gasteiger charge is 2.18. The van der Waals surface area contributed by atoms with Crippen LogP contribution >= 0.6 is 11.8 Å². The Hall–Kier alpha value is -1.55. The van der Waals surface area contributed by atoms with E-state index in [0.717, 1.165) is 29.6 Å². The summed E-state index contributed by atoms with van der Waals surface area (Å²) in [5, 5.41) is 3.30. The molecule has 0 aliphatic heterocycles. The van der Waals surface area contributed by atoms with E-state index in [-0.39, 0.29) is 5.41 Å². The summed E-state index contributed by atoms with van der Waals surface area (Å²) in [5.41, 5.74) is 1.11. The molecule has 0 atom stereocenters. The fraction of sp³-hybridized carbons (Fsp3) is 0.412. The molecule has 0 unspecified atom stereocenters. The normalized spacial score (nSPS) is 11.4. The summed E-state index contributed by atoms with van der Waals surface area (Å²) in [7, 11) is 0. The van der Waals surface area contributed by atoms with Crippen LogP contribution in [0.3, 0.4) is 0 Å². The molecule has 0 radical (unpaired) electrons. The van der Waals surface area contributed by atoms with E-state index in [9.17, 15) is 0 Å². The number of benzene rings is 1. The molecule has 1 aromatic carbocycles. The summed E-state index contributed by atoms with van der Waals surface area (Å²) >= 11 is 1.77. The zero-order chi connectivity index (χ0) is 15.3. The van der Waals surface area contributed by atoms with Crippen LogP contribution in [0.4, 0.5) is 5.82 Å². The van der Waals surface area contributed by atoms with Gasteiger partial charge in [0.2, 0.25) is 0 Å². The third-order valence-corrected chi connectivity index (χ3v) is 4.02. The molecule has 21 heavy (non-hydrogen) atoms. The quantitative estimate of drug-likeness (QED) is 0.825. The van der Waals surface area contributed by atoms with Crippen LogP contribution in [0.15, 0.2) is 41.3 Å². The standard InChI is InChI=1S/C17H23N3S/c1-5-18-15-11-14(17(2,3)4)19-16(20-15)12-21-13-9-7-6-8-10-13/h6-11H,5,12H2,1-4H3,(H,18,19,20).